The lowest BCUT2D eigenvalue weighted by Gasteiger charge is -2.45. The van der Waals surface area contributed by atoms with E-state index in [1.54, 1.807) is 16.8 Å². The molecule has 0 aromatic heterocycles. The molecule has 146 valence electrons. The molecule has 3 rings (SSSR count). The molecule has 1 atom stereocenters. The predicted octanol–water partition coefficient (Wildman–Crippen LogP) is 1.77. The number of carbonyl (C=O) groups excluding carboxylic acids is 2. The first-order valence-electron chi connectivity index (χ1n) is 9.39. The topological polar surface area (TPSA) is 87.2 Å². The molecule has 27 heavy (non-hydrogen) atoms. The van der Waals surface area contributed by atoms with E-state index in [-0.39, 0.29) is 18.2 Å². The van der Waals surface area contributed by atoms with E-state index in [1.165, 1.54) is 0 Å². The molecule has 1 N–H and O–H groups in total. The van der Waals surface area contributed by atoms with Gasteiger partial charge in [0.15, 0.2) is 0 Å². The minimum absolute atomic E-state index is 0.0522. The van der Waals surface area contributed by atoms with Crippen LogP contribution in [0.1, 0.15) is 32.1 Å². The Hall–Kier alpha value is -2.57. The molecule has 0 bridgehead atoms. The third-order valence-electron chi connectivity index (χ3n) is 5.90. The molecular formula is C20H26N2O5. The van der Waals surface area contributed by atoms with E-state index in [0.29, 0.717) is 45.4 Å². The number of carboxylic acids is 1. The van der Waals surface area contributed by atoms with Crippen molar-refractivity contribution in [3.05, 3.63) is 30.3 Å². The molecule has 2 heterocycles. The molecule has 7 nitrogen and oxygen atoms in total. The molecule has 2 saturated heterocycles. The molecule has 1 aromatic rings. The van der Waals surface area contributed by atoms with Crippen LogP contribution in [0.5, 0.6) is 5.75 Å². The van der Waals surface area contributed by atoms with Gasteiger partial charge in [-0.1, -0.05) is 18.2 Å². The highest BCUT2D eigenvalue weighted by molar-refractivity contribution is 5.88. The zero-order chi connectivity index (χ0) is 19.4. The molecule has 2 aliphatic heterocycles. The third-order valence-corrected chi connectivity index (χ3v) is 5.90. The smallest absolute Gasteiger partial charge is 0.309 e. The molecule has 2 aliphatic rings. The Balaban J connectivity index is 1.47. The molecule has 2 fully saturated rings. The molecule has 1 aromatic carbocycles. The summed E-state index contributed by atoms with van der Waals surface area (Å²) in [5.74, 6) is -0.892. The number of para-hydroxylation sites is 1. The Labute approximate surface area is 158 Å². The summed E-state index contributed by atoms with van der Waals surface area (Å²) in [4.78, 5) is 39.5. The number of hydrogen-bond donors (Lipinski definition) is 1. The lowest BCUT2D eigenvalue weighted by Crippen LogP contribution is -2.56. The van der Waals surface area contributed by atoms with E-state index in [4.69, 9.17) is 4.74 Å². The summed E-state index contributed by atoms with van der Waals surface area (Å²) in [5, 5.41) is 9.51. The van der Waals surface area contributed by atoms with E-state index >= 15 is 0 Å². The second-order valence-corrected chi connectivity index (χ2v) is 7.30. The van der Waals surface area contributed by atoms with Crippen LogP contribution in [-0.4, -0.2) is 65.0 Å². The van der Waals surface area contributed by atoms with Gasteiger partial charge in [0.1, 0.15) is 5.75 Å². The van der Waals surface area contributed by atoms with Crippen molar-refractivity contribution in [2.75, 3.05) is 26.7 Å². The fourth-order valence-electron chi connectivity index (χ4n) is 4.22. The molecule has 2 amide bonds. The number of likely N-dealkylation sites (tertiary alicyclic amines) is 2. The van der Waals surface area contributed by atoms with Crippen LogP contribution >= 0.6 is 0 Å². The fraction of sp³-hybridized carbons (Fsp3) is 0.550. The lowest BCUT2D eigenvalue weighted by atomic mass is 9.77. The largest absolute Gasteiger partial charge is 0.494 e. The third kappa shape index (κ3) is 3.91. The van der Waals surface area contributed by atoms with Crippen LogP contribution in [0.25, 0.3) is 0 Å². The second kappa shape index (κ2) is 7.98. The average Bonchev–Trinajstić information content (AvgIpc) is 2.92. The Morgan fingerprint density at radius 3 is 2.52 bits per heavy atom. The summed E-state index contributed by atoms with van der Waals surface area (Å²) in [6.07, 6.45) is 2.11. The second-order valence-electron chi connectivity index (χ2n) is 7.30. The maximum Gasteiger partial charge on any atom is 0.309 e. The van der Waals surface area contributed by atoms with E-state index in [2.05, 4.69) is 0 Å². The van der Waals surface area contributed by atoms with Crippen molar-refractivity contribution < 1.29 is 24.2 Å². The first-order chi connectivity index (χ1) is 12.9. The predicted molar refractivity (Wildman–Crippen MR) is 98.2 cm³/mol. The van der Waals surface area contributed by atoms with Gasteiger partial charge >= 0.3 is 5.97 Å². The van der Waals surface area contributed by atoms with Crippen LogP contribution in [0.4, 0.5) is 0 Å². The van der Waals surface area contributed by atoms with Crippen molar-refractivity contribution in [2.24, 2.45) is 5.92 Å². The SMILES string of the molecule is CN1C(=O)CC(C(=O)O)C12CCN(C(=O)CCCOc1ccccc1)CC2. The van der Waals surface area contributed by atoms with Crippen LogP contribution in [0.3, 0.4) is 0 Å². The number of piperidine rings is 1. The standard InChI is InChI=1S/C20H26N2O5/c1-21-18(24)14-16(19(25)26)20(21)9-11-22(12-10-20)17(23)8-5-13-27-15-6-3-2-4-7-15/h2-4,6-7,16H,5,8-14H2,1H3,(H,25,26). The maximum absolute atomic E-state index is 12.4. The maximum atomic E-state index is 12.4. The van der Waals surface area contributed by atoms with Crippen molar-refractivity contribution >= 4 is 17.8 Å². The van der Waals surface area contributed by atoms with E-state index in [1.807, 2.05) is 30.3 Å². The van der Waals surface area contributed by atoms with Gasteiger partial charge in [-0.15, -0.1) is 0 Å². The van der Waals surface area contributed by atoms with E-state index in [9.17, 15) is 19.5 Å². The van der Waals surface area contributed by atoms with Crippen molar-refractivity contribution in [3.63, 3.8) is 0 Å². The molecular weight excluding hydrogens is 348 g/mol. The van der Waals surface area contributed by atoms with Crippen molar-refractivity contribution in [2.45, 2.75) is 37.6 Å². The Bertz CT molecular complexity index is 698. The zero-order valence-corrected chi connectivity index (χ0v) is 15.6. The Morgan fingerprint density at radius 2 is 1.89 bits per heavy atom. The van der Waals surface area contributed by atoms with Crippen molar-refractivity contribution in [1.82, 2.24) is 9.80 Å². The first kappa shape index (κ1) is 19.2. The van der Waals surface area contributed by atoms with Crippen molar-refractivity contribution in [3.8, 4) is 5.75 Å². The number of amides is 2. The summed E-state index contributed by atoms with van der Waals surface area (Å²) >= 11 is 0. The van der Waals surface area contributed by atoms with Crippen LogP contribution in [0.15, 0.2) is 30.3 Å². The Morgan fingerprint density at radius 1 is 1.22 bits per heavy atom. The van der Waals surface area contributed by atoms with Gasteiger partial charge in [0.25, 0.3) is 0 Å². The minimum Gasteiger partial charge on any atom is -0.494 e. The first-order valence-corrected chi connectivity index (χ1v) is 9.39. The lowest BCUT2D eigenvalue weighted by molar-refractivity contribution is -0.147. The number of ether oxygens (including phenoxy) is 1. The molecule has 1 unspecified atom stereocenters. The number of rotatable bonds is 6. The summed E-state index contributed by atoms with van der Waals surface area (Å²) in [5.41, 5.74) is -0.657. The van der Waals surface area contributed by atoms with Gasteiger partial charge in [-0.25, -0.2) is 0 Å². The van der Waals surface area contributed by atoms with Crippen molar-refractivity contribution in [1.29, 1.82) is 0 Å². The summed E-state index contributed by atoms with van der Waals surface area (Å²) in [6.45, 7) is 1.45. The molecule has 0 saturated carbocycles. The normalized spacial score (nSPS) is 21.5. The quantitative estimate of drug-likeness (QED) is 0.767. The highest BCUT2D eigenvalue weighted by Crippen LogP contribution is 2.42. The summed E-state index contributed by atoms with van der Waals surface area (Å²) in [6, 6.07) is 9.48. The van der Waals surface area contributed by atoms with Crippen LogP contribution < -0.4 is 4.74 Å². The van der Waals surface area contributed by atoms with Gasteiger partial charge in [0.05, 0.1) is 18.1 Å². The summed E-state index contributed by atoms with van der Waals surface area (Å²) < 4.78 is 5.61. The van der Waals surface area contributed by atoms with Gasteiger partial charge in [-0.3, -0.25) is 14.4 Å². The number of hydrogen-bond acceptors (Lipinski definition) is 4. The van der Waals surface area contributed by atoms with Crippen LogP contribution in [0.2, 0.25) is 0 Å². The molecule has 0 radical (unpaired) electrons. The molecule has 0 aliphatic carbocycles. The number of aliphatic carboxylic acids is 1. The Kier molecular flexibility index (Phi) is 5.68. The highest BCUT2D eigenvalue weighted by atomic mass is 16.5. The van der Waals surface area contributed by atoms with E-state index < -0.39 is 17.4 Å². The van der Waals surface area contributed by atoms with Gasteiger partial charge in [0.2, 0.25) is 11.8 Å². The minimum atomic E-state index is -0.925. The van der Waals surface area contributed by atoms with Crippen LogP contribution in [-0.2, 0) is 14.4 Å². The summed E-state index contributed by atoms with van der Waals surface area (Å²) in [7, 11) is 1.68. The van der Waals surface area contributed by atoms with E-state index in [0.717, 1.165) is 5.75 Å². The number of benzene rings is 1. The van der Waals surface area contributed by atoms with Gasteiger partial charge in [-0.2, -0.15) is 0 Å². The number of nitrogens with zero attached hydrogens (tertiary/aromatic N) is 2. The monoisotopic (exact) mass is 374 g/mol. The number of carboxylic acid groups (broad SMARTS) is 1. The van der Waals surface area contributed by atoms with Crippen LogP contribution in [0, 0.1) is 5.92 Å². The number of carbonyl (C=O) groups is 3. The zero-order valence-electron chi connectivity index (χ0n) is 15.6. The molecule has 1 spiro atoms. The highest BCUT2D eigenvalue weighted by Gasteiger charge is 2.55. The van der Waals surface area contributed by atoms with Gasteiger partial charge in [-0.05, 0) is 31.4 Å². The van der Waals surface area contributed by atoms with Gasteiger partial charge < -0.3 is 19.6 Å². The fourth-order valence-corrected chi connectivity index (χ4v) is 4.22. The van der Waals surface area contributed by atoms with Gasteiger partial charge in [0, 0.05) is 33.0 Å². The average molecular weight is 374 g/mol. The molecule has 7 heteroatoms.